The Morgan fingerprint density at radius 3 is 2.11 bits per heavy atom. The highest BCUT2D eigenvalue weighted by Crippen LogP contribution is 2.34. The van der Waals surface area contributed by atoms with Crippen LogP contribution in [0.1, 0.15) is 0 Å². The molecule has 0 amide bonds. The minimum atomic E-state index is -0.406. The van der Waals surface area contributed by atoms with Crippen LogP contribution in [0.5, 0.6) is 11.5 Å². The summed E-state index contributed by atoms with van der Waals surface area (Å²) < 4.78 is 7.17. The van der Waals surface area contributed by atoms with Gasteiger partial charge in [0, 0.05) is 12.1 Å². The molecule has 0 aliphatic carbocycles. The van der Waals surface area contributed by atoms with Crippen LogP contribution < -0.4 is 4.74 Å². The van der Waals surface area contributed by atoms with Gasteiger partial charge in [-0.3, -0.25) is 10.1 Å². The number of nitro benzene ring substituents is 1. The molecule has 0 unspecified atom stereocenters. The number of hydrogen-bond acceptors (Lipinski definition) is 3. The number of nitrogens with zero attached hydrogens (tertiary/aromatic N) is 1. The Balaban J connectivity index is 2.37. The second-order valence-electron chi connectivity index (χ2n) is 3.41. The third-order valence-electron chi connectivity index (χ3n) is 2.16. The van der Waals surface area contributed by atoms with Gasteiger partial charge in [-0.2, -0.15) is 0 Å². The maximum Gasteiger partial charge on any atom is 0.271 e. The normalized spacial score (nSPS) is 10.1. The van der Waals surface area contributed by atoms with Crippen molar-refractivity contribution >= 4 is 50.9 Å². The zero-order valence-electron chi connectivity index (χ0n) is 8.97. The van der Waals surface area contributed by atoms with Crippen molar-refractivity contribution in [2.75, 3.05) is 0 Å². The maximum atomic E-state index is 10.7. The van der Waals surface area contributed by atoms with Crippen molar-refractivity contribution in [1.29, 1.82) is 0 Å². The zero-order chi connectivity index (χ0) is 13.1. The Labute approximate surface area is 131 Å². The minimum Gasteiger partial charge on any atom is -0.455 e. The average molecular weight is 467 g/mol. The first-order chi connectivity index (χ1) is 8.58. The third kappa shape index (κ3) is 3.10. The first-order valence-corrected chi connectivity index (χ1v) is 7.10. The van der Waals surface area contributed by atoms with Gasteiger partial charge in [0.25, 0.3) is 5.69 Å². The van der Waals surface area contributed by atoms with Gasteiger partial charge in [0.05, 0.1) is 12.1 Å². The van der Waals surface area contributed by atoms with Gasteiger partial charge in [-0.15, -0.1) is 0 Å². The molecule has 0 N–H and O–H groups in total. The molecule has 18 heavy (non-hydrogen) atoms. The number of hydrogen-bond donors (Lipinski definition) is 0. The maximum absolute atomic E-state index is 10.7. The number of halogens is 2. The van der Waals surface area contributed by atoms with E-state index in [9.17, 15) is 10.1 Å². The Bertz CT molecular complexity index is 564. The second kappa shape index (κ2) is 5.83. The van der Waals surface area contributed by atoms with Crippen molar-refractivity contribution in [3.05, 3.63) is 59.7 Å². The van der Waals surface area contributed by atoms with E-state index < -0.39 is 4.92 Å². The molecule has 92 valence electrons. The van der Waals surface area contributed by atoms with E-state index in [2.05, 4.69) is 0 Å². The number of rotatable bonds is 3. The summed E-state index contributed by atoms with van der Waals surface area (Å²) in [5.74, 6) is 1.36. The first-order valence-electron chi connectivity index (χ1n) is 4.94. The van der Waals surface area contributed by atoms with E-state index in [0.29, 0.717) is 11.5 Å². The van der Waals surface area contributed by atoms with E-state index in [1.54, 1.807) is 0 Å². The Morgan fingerprint density at radius 2 is 1.61 bits per heavy atom. The Hall–Kier alpha value is -0.900. The van der Waals surface area contributed by atoms with Crippen molar-refractivity contribution in [2.24, 2.45) is 0 Å². The molecule has 6 heteroatoms. The standard InChI is InChI=1S/C12H7I2NO3/c13-10-6-8(15(16)17)7-11(14)12(10)18-9-4-2-1-3-5-9/h1-7H. The van der Waals surface area contributed by atoms with E-state index in [4.69, 9.17) is 4.74 Å². The Morgan fingerprint density at radius 1 is 1.06 bits per heavy atom. The van der Waals surface area contributed by atoms with E-state index >= 15 is 0 Å². The van der Waals surface area contributed by atoms with Crippen LogP contribution in [0.3, 0.4) is 0 Å². The fourth-order valence-electron chi connectivity index (χ4n) is 1.36. The lowest BCUT2D eigenvalue weighted by Gasteiger charge is -2.09. The average Bonchev–Trinajstić information content (AvgIpc) is 2.34. The summed E-state index contributed by atoms with van der Waals surface area (Å²) in [6.07, 6.45) is 0. The lowest BCUT2D eigenvalue weighted by molar-refractivity contribution is -0.385. The molecule has 0 saturated carbocycles. The quantitative estimate of drug-likeness (QED) is 0.377. The molecule has 0 fully saturated rings. The van der Waals surface area contributed by atoms with Gasteiger partial charge in [0.1, 0.15) is 5.75 Å². The van der Waals surface area contributed by atoms with Gasteiger partial charge in [0.2, 0.25) is 0 Å². The molecular formula is C12H7I2NO3. The largest absolute Gasteiger partial charge is 0.455 e. The fourth-order valence-corrected chi connectivity index (χ4v) is 3.31. The molecule has 0 aliphatic heterocycles. The summed E-state index contributed by atoms with van der Waals surface area (Å²) in [6, 6.07) is 12.3. The number of non-ortho nitro benzene ring substituents is 1. The molecule has 2 aromatic carbocycles. The molecule has 2 aromatic rings. The monoisotopic (exact) mass is 467 g/mol. The molecule has 2 rings (SSSR count). The van der Waals surface area contributed by atoms with Crippen molar-refractivity contribution in [2.45, 2.75) is 0 Å². The van der Waals surface area contributed by atoms with E-state index in [1.807, 2.05) is 75.5 Å². The SMILES string of the molecule is O=[N+]([O-])c1cc(I)c(Oc2ccccc2)c(I)c1. The van der Waals surface area contributed by atoms with Crippen molar-refractivity contribution < 1.29 is 9.66 Å². The highest BCUT2D eigenvalue weighted by molar-refractivity contribution is 14.1. The van der Waals surface area contributed by atoms with Crippen molar-refractivity contribution in [3.8, 4) is 11.5 Å². The molecule has 0 saturated heterocycles. The summed E-state index contributed by atoms with van der Waals surface area (Å²) in [6.45, 7) is 0. The van der Waals surface area contributed by atoms with E-state index in [0.717, 1.165) is 7.14 Å². The molecule has 0 atom stereocenters. The van der Waals surface area contributed by atoms with Crippen molar-refractivity contribution in [1.82, 2.24) is 0 Å². The second-order valence-corrected chi connectivity index (χ2v) is 5.74. The predicted octanol–water partition coefficient (Wildman–Crippen LogP) is 4.60. The van der Waals surface area contributed by atoms with Gasteiger partial charge in [0.15, 0.2) is 5.75 Å². The molecule has 0 bridgehead atoms. The van der Waals surface area contributed by atoms with Crippen molar-refractivity contribution in [3.63, 3.8) is 0 Å². The molecule has 0 aromatic heterocycles. The Kier molecular flexibility index (Phi) is 4.38. The van der Waals surface area contributed by atoms with E-state index in [1.165, 1.54) is 12.1 Å². The predicted molar refractivity (Wildman–Crippen MR) is 85.0 cm³/mol. The topological polar surface area (TPSA) is 52.4 Å². The first kappa shape index (κ1) is 13.5. The molecular weight excluding hydrogens is 460 g/mol. The summed E-state index contributed by atoms with van der Waals surface area (Å²) in [5, 5.41) is 10.7. The lowest BCUT2D eigenvalue weighted by Crippen LogP contribution is -1.95. The third-order valence-corrected chi connectivity index (χ3v) is 3.76. The summed E-state index contributed by atoms with van der Waals surface area (Å²) in [4.78, 5) is 10.3. The summed E-state index contributed by atoms with van der Waals surface area (Å²) >= 11 is 4.08. The number of ether oxygens (including phenoxy) is 1. The van der Waals surface area contributed by atoms with Gasteiger partial charge in [-0.1, -0.05) is 18.2 Å². The zero-order valence-corrected chi connectivity index (χ0v) is 13.3. The fraction of sp³-hybridized carbons (Fsp3) is 0. The lowest BCUT2D eigenvalue weighted by atomic mass is 10.3. The molecule has 0 heterocycles. The van der Waals surface area contributed by atoms with Crippen LogP contribution in [0.15, 0.2) is 42.5 Å². The van der Waals surface area contributed by atoms with Crippen LogP contribution in [0, 0.1) is 17.3 Å². The number of para-hydroxylation sites is 1. The van der Waals surface area contributed by atoms with Crippen LogP contribution in [-0.4, -0.2) is 4.92 Å². The van der Waals surface area contributed by atoms with E-state index in [-0.39, 0.29) is 5.69 Å². The molecule has 4 nitrogen and oxygen atoms in total. The van der Waals surface area contributed by atoms with Gasteiger partial charge >= 0.3 is 0 Å². The van der Waals surface area contributed by atoms with Gasteiger partial charge in [-0.05, 0) is 57.3 Å². The summed E-state index contributed by atoms with van der Waals surface area (Å²) in [7, 11) is 0. The highest BCUT2D eigenvalue weighted by atomic mass is 127. The van der Waals surface area contributed by atoms with Gasteiger partial charge in [-0.25, -0.2) is 0 Å². The van der Waals surface area contributed by atoms with Crippen LogP contribution in [-0.2, 0) is 0 Å². The van der Waals surface area contributed by atoms with Gasteiger partial charge < -0.3 is 4.74 Å². The number of nitro groups is 1. The van der Waals surface area contributed by atoms with Crippen LogP contribution >= 0.6 is 45.2 Å². The van der Waals surface area contributed by atoms with Crippen LogP contribution in [0.25, 0.3) is 0 Å². The highest BCUT2D eigenvalue weighted by Gasteiger charge is 2.15. The molecule has 0 spiro atoms. The number of benzene rings is 2. The van der Waals surface area contributed by atoms with Crippen LogP contribution in [0.4, 0.5) is 5.69 Å². The molecule has 0 radical (unpaired) electrons. The smallest absolute Gasteiger partial charge is 0.271 e. The minimum absolute atomic E-state index is 0.0733. The summed E-state index contributed by atoms with van der Waals surface area (Å²) in [5.41, 5.74) is 0.0733. The molecule has 0 aliphatic rings. The van der Waals surface area contributed by atoms with Crippen LogP contribution in [0.2, 0.25) is 0 Å².